The topological polar surface area (TPSA) is 6.48 Å². The van der Waals surface area contributed by atoms with Gasteiger partial charge < -0.3 is 9.80 Å². The minimum Gasteiger partial charge on any atom is -0.310 e. The van der Waals surface area contributed by atoms with Crippen LogP contribution in [-0.2, 0) is 5.41 Å². The van der Waals surface area contributed by atoms with Gasteiger partial charge in [-0.15, -0.1) is 0 Å². The first-order chi connectivity index (χ1) is 26.9. The molecular weight excluding hydrogens is 693 g/mol. The molecular formula is C49H32F4N2. The predicted octanol–water partition coefficient (Wildman–Crippen LogP) is 13.5. The Morgan fingerprint density at radius 3 is 0.873 bits per heavy atom. The molecule has 0 N–H and O–H groups in total. The molecule has 0 spiro atoms. The molecule has 9 rings (SSSR count). The molecule has 55 heavy (non-hydrogen) atoms. The SMILES string of the molecule is Fc1cc(F)cc(C2(c3cc(F)cc(F)c3)c3cc(N(c4ccccc4)c4ccccc4)ccc3-c3ccc(N(c4ccccc4)c4ccccc4)cc32)c1. The molecule has 266 valence electrons. The maximum Gasteiger partial charge on any atom is 0.126 e. The zero-order valence-electron chi connectivity index (χ0n) is 29.4. The highest BCUT2D eigenvalue weighted by Crippen LogP contribution is 2.58. The lowest BCUT2D eigenvalue weighted by Gasteiger charge is -2.35. The Hall–Kier alpha value is -6.92. The van der Waals surface area contributed by atoms with Crippen molar-refractivity contribution < 1.29 is 17.6 Å². The fourth-order valence-corrected chi connectivity index (χ4v) is 8.11. The second-order valence-electron chi connectivity index (χ2n) is 13.5. The van der Waals surface area contributed by atoms with Gasteiger partial charge >= 0.3 is 0 Å². The standard InChI is InChI=1S/C49H32F4N2/c50-35-25-33(26-36(51)29-35)49(34-27-37(52)30-38(53)28-34)47-31-43(54(39-13-5-1-6-14-39)40-15-7-2-8-16-40)21-23-45(47)46-24-22-44(32-48(46)49)55(41-17-9-3-10-18-41)42-19-11-4-12-20-42/h1-32H. The Morgan fingerprint density at radius 1 is 0.291 bits per heavy atom. The molecule has 0 bridgehead atoms. The summed E-state index contributed by atoms with van der Waals surface area (Å²) in [4.78, 5) is 4.18. The molecule has 0 aliphatic heterocycles. The highest BCUT2D eigenvalue weighted by atomic mass is 19.1. The molecule has 0 saturated carbocycles. The normalized spacial score (nSPS) is 12.5. The summed E-state index contributed by atoms with van der Waals surface area (Å²) in [5.74, 6) is -3.23. The van der Waals surface area contributed by atoms with E-state index in [1.54, 1.807) is 0 Å². The van der Waals surface area contributed by atoms with Gasteiger partial charge in [0, 0.05) is 46.3 Å². The van der Waals surface area contributed by atoms with Gasteiger partial charge in [0.1, 0.15) is 23.3 Å². The van der Waals surface area contributed by atoms with Crippen LogP contribution in [0, 0.1) is 23.3 Å². The molecule has 2 nitrogen and oxygen atoms in total. The van der Waals surface area contributed by atoms with Crippen LogP contribution in [0.2, 0.25) is 0 Å². The van der Waals surface area contributed by atoms with Crippen LogP contribution in [-0.4, -0.2) is 0 Å². The lowest BCUT2D eigenvalue weighted by molar-refractivity contribution is 0.566. The van der Waals surface area contributed by atoms with E-state index in [-0.39, 0.29) is 11.1 Å². The summed E-state index contributed by atoms with van der Waals surface area (Å²) in [6, 6.07) is 58.0. The van der Waals surface area contributed by atoms with Crippen molar-refractivity contribution in [2.45, 2.75) is 5.41 Å². The molecule has 1 aliphatic carbocycles. The van der Waals surface area contributed by atoms with Crippen molar-refractivity contribution in [1.29, 1.82) is 0 Å². The third-order valence-corrected chi connectivity index (χ3v) is 10.3. The van der Waals surface area contributed by atoms with Crippen molar-refractivity contribution in [3.05, 3.63) is 240 Å². The van der Waals surface area contributed by atoms with E-state index in [9.17, 15) is 0 Å². The lowest BCUT2D eigenvalue weighted by Crippen LogP contribution is -2.30. The molecule has 0 heterocycles. The van der Waals surface area contributed by atoms with E-state index in [1.807, 2.05) is 158 Å². The van der Waals surface area contributed by atoms with Crippen molar-refractivity contribution in [3.8, 4) is 11.1 Å². The second kappa shape index (κ2) is 13.8. The Kier molecular flexibility index (Phi) is 8.51. The molecule has 0 aromatic heterocycles. The van der Waals surface area contributed by atoms with Crippen molar-refractivity contribution in [3.63, 3.8) is 0 Å². The molecule has 0 saturated heterocycles. The van der Waals surface area contributed by atoms with Crippen LogP contribution in [0.15, 0.2) is 194 Å². The summed E-state index contributed by atoms with van der Waals surface area (Å²) in [6.07, 6.45) is 0. The highest BCUT2D eigenvalue weighted by molar-refractivity contribution is 5.91. The third-order valence-electron chi connectivity index (χ3n) is 10.3. The first kappa shape index (κ1) is 33.9. The van der Waals surface area contributed by atoms with Crippen molar-refractivity contribution in [2.75, 3.05) is 9.80 Å². The second-order valence-corrected chi connectivity index (χ2v) is 13.5. The monoisotopic (exact) mass is 724 g/mol. The molecule has 0 unspecified atom stereocenters. The van der Waals surface area contributed by atoms with E-state index in [2.05, 4.69) is 9.80 Å². The highest BCUT2D eigenvalue weighted by Gasteiger charge is 2.48. The number of hydrogen-bond donors (Lipinski definition) is 0. The van der Waals surface area contributed by atoms with Gasteiger partial charge in [-0.05, 0) is 130 Å². The molecule has 1 aliphatic rings. The number of para-hydroxylation sites is 4. The smallest absolute Gasteiger partial charge is 0.126 e. The van der Waals surface area contributed by atoms with E-state index in [0.717, 1.165) is 57.4 Å². The van der Waals surface area contributed by atoms with E-state index in [1.165, 1.54) is 24.3 Å². The number of rotatable bonds is 8. The molecule has 8 aromatic carbocycles. The summed E-state index contributed by atoms with van der Waals surface area (Å²) >= 11 is 0. The van der Waals surface area contributed by atoms with Crippen molar-refractivity contribution in [1.82, 2.24) is 0 Å². The largest absolute Gasteiger partial charge is 0.310 e. The molecule has 0 atom stereocenters. The third kappa shape index (κ3) is 5.92. The summed E-state index contributed by atoms with van der Waals surface area (Å²) in [6.45, 7) is 0. The van der Waals surface area contributed by atoms with Gasteiger partial charge in [-0.2, -0.15) is 0 Å². The fourth-order valence-electron chi connectivity index (χ4n) is 8.11. The van der Waals surface area contributed by atoms with Gasteiger partial charge in [-0.3, -0.25) is 0 Å². The van der Waals surface area contributed by atoms with Crippen LogP contribution in [0.4, 0.5) is 51.7 Å². The van der Waals surface area contributed by atoms with Crippen LogP contribution in [0.5, 0.6) is 0 Å². The summed E-state index contributed by atoms with van der Waals surface area (Å²) in [5.41, 5.74) is 6.62. The van der Waals surface area contributed by atoms with Crippen LogP contribution in [0.1, 0.15) is 22.3 Å². The van der Waals surface area contributed by atoms with Gasteiger partial charge in [-0.1, -0.05) is 84.9 Å². The van der Waals surface area contributed by atoms with Crippen molar-refractivity contribution in [2.24, 2.45) is 0 Å². The molecule has 0 radical (unpaired) electrons. The van der Waals surface area contributed by atoms with Crippen LogP contribution in [0.3, 0.4) is 0 Å². The molecule has 6 heteroatoms. The number of fused-ring (bicyclic) bond motifs is 3. The van der Waals surface area contributed by atoms with Gasteiger partial charge in [0.2, 0.25) is 0 Å². The average molecular weight is 725 g/mol. The minimum atomic E-state index is -1.57. The predicted molar refractivity (Wildman–Crippen MR) is 213 cm³/mol. The lowest BCUT2D eigenvalue weighted by atomic mass is 9.67. The number of benzene rings is 8. The molecule has 8 aromatic rings. The first-order valence-corrected chi connectivity index (χ1v) is 17.9. The van der Waals surface area contributed by atoms with Gasteiger partial charge in [0.15, 0.2) is 0 Å². The van der Waals surface area contributed by atoms with Crippen LogP contribution in [0.25, 0.3) is 11.1 Å². The molecule has 0 fully saturated rings. The summed E-state index contributed by atoms with van der Waals surface area (Å²) < 4.78 is 62.3. The Balaban J connectivity index is 1.38. The van der Waals surface area contributed by atoms with E-state index in [0.29, 0.717) is 11.1 Å². The van der Waals surface area contributed by atoms with E-state index < -0.39 is 28.7 Å². The van der Waals surface area contributed by atoms with Crippen molar-refractivity contribution >= 4 is 34.1 Å². The van der Waals surface area contributed by atoms with Crippen LogP contribution < -0.4 is 9.80 Å². The van der Waals surface area contributed by atoms with E-state index in [4.69, 9.17) is 0 Å². The van der Waals surface area contributed by atoms with Gasteiger partial charge in [0.05, 0.1) is 5.41 Å². The maximum absolute atomic E-state index is 15.6. The summed E-state index contributed by atoms with van der Waals surface area (Å²) in [5, 5.41) is 0. The number of nitrogens with zero attached hydrogens (tertiary/aromatic N) is 2. The van der Waals surface area contributed by atoms with E-state index >= 15 is 17.6 Å². The minimum absolute atomic E-state index is 0.196. The van der Waals surface area contributed by atoms with Gasteiger partial charge in [-0.25, -0.2) is 17.6 Å². The van der Waals surface area contributed by atoms with Gasteiger partial charge in [0.25, 0.3) is 0 Å². The zero-order valence-corrected chi connectivity index (χ0v) is 29.4. The zero-order chi connectivity index (χ0) is 37.5. The fraction of sp³-hybridized carbons (Fsp3) is 0.0204. The Morgan fingerprint density at radius 2 is 0.582 bits per heavy atom. The first-order valence-electron chi connectivity index (χ1n) is 17.9. The molecule has 0 amide bonds. The number of anilines is 6. The Bertz CT molecular complexity index is 2340. The average Bonchev–Trinajstić information content (AvgIpc) is 3.49. The number of halogens is 4. The quantitative estimate of drug-likeness (QED) is 0.144. The number of hydrogen-bond acceptors (Lipinski definition) is 2. The Labute approximate surface area is 316 Å². The summed E-state index contributed by atoms with van der Waals surface area (Å²) in [7, 11) is 0. The van der Waals surface area contributed by atoms with Crippen LogP contribution >= 0.6 is 0 Å². The maximum atomic E-state index is 15.6.